The van der Waals surface area contributed by atoms with Crippen molar-refractivity contribution in [2.24, 2.45) is 0 Å². The Morgan fingerprint density at radius 3 is 2.02 bits per heavy atom. The third-order valence-corrected chi connectivity index (χ3v) is 6.66. The molecule has 0 aliphatic carbocycles. The molecule has 2 saturated heterocycles. The highest BCUT2D eigenvalue weighted by Crippen LogP contribution is 2.28. The molecule has 6 atom stereocenters. The number of amides is 2. The number of unbranched alkanes of at least 4 members (excludes halogenated alkanes) is 5. The van der Waals surface area contributed by atoms with E-state index < -0.39 is 66.3 Å². The normalized spacial score (nSPS) is 25.9. The van der Waals surface area contributed by atoms with Gasteiger partial charge in [0.05, 0.1) is 6.61 Å². The zero-order chi connectivity index (χ0) is 32.7. The largest absolute Gasteiger partial charge is 0.463 e. The third-order valence-electron chi connectivity index (χ3n) is 6.66. The maximum Gasteiger partial charge on any atom is 0.407 e. The first-order valence-electron chi connectivity index (χ1n) is 15.0. The van der Waals surface area contributed by atoms with Gasteiger partial charge >= 0.3 is 24.0 Å². The second kappa shape index (κ2) is 18.7. The Labute approximate surface area is 258 Å². The van der Waals surface area contributed by atoms with Crippen LogP contribution < -0.4 is 10.6 Å². The minimum atomic E-state index is -1.16. The number of alkyl carbamates (subject to hydrolysis) is 1. The van der Waals surface area contributed by atoms with E-state index in [4.69, 9.17) is 37.9 Å². The van der Waals surface area contributed by atoms with Crippen LogP contribution in [0.15, 0.2) is 0 Å². The van der Waals surface area contributed by atoms with E-state index in [-0.39, 0.29) is 25.9 Å². The molecule has 44 heavy (non-hydrogen) atoms. The Balaban J connectivity index is 1.75. The van der Waals surface area contributed by atoms with Crippen LogP contribution in [0.25, 0.3) is 0 Å². The summed E-state index contributed by atoms with van der Waals surface area (Å²) >= 11 is 0. The van der Waals surface area contributed by atoms with Crippen LogP contribution in [0.4, 0.5) is 4.79 Å². The Kier molecular flexibility index (Phi) is 15.8. The lowest BCUT2D eigenvalue weighted by molar-refractivity contribution is -0.277. The van der Waals surface area contributed by atoms with Gasteiger partial charge in [0.1, 0.15) is 31.5 Å². The fourth-order valence-corrected chi connectivity index (χ4v) is 4.82. The predicted molar refractivity (Wildman–Crippen MR) is 152 cm³/mol. The zero-order valence-electron chi connectivity index (χ0n) is 26.5. The quantitative estimate of drug-likeness (QED) is 0.135. The monoisotopic (exact) mass is 632 g/mol. The minimum Gasteiger partial charge on any atom is -0.463 e. The molecule has 2 aliphatic rings. The lowest BCUT2D eigenvalue weighted by Crippen LogP contribution is -2.66. The molecule has 0 saturated carbocycles. The molecule has 0 aromatic carbocycles. The van der Waals surface area contributed by atoms with Crippen LogP contribution >= 0.6 is 0 Å². The van der Waals surface area contributed by atoms with Gasteiger partial charge in [-0.1, -0.05) is 25.7 Å². The number of hydrogen-bond acceptors (Lipinski definition) is 13. The fourth-order valence-electron chi connectivity index (χ4n) is 4.82. The first-order chi connectivity index (χ1) is 20.8. The molecule has 2 heterocycles. The summed E-state index contributed by atoms with van der Waals surface area (Å²) in [7, 11) is 0. The maximum atomic E-state index is 12.0. The number of carbonyl (C=O) groups excluding carboxylic acids is 5. The number of nitrogens with one attached hydrogen (secondary N) is 2. The van der Waals surface area contributed by atoms with Gasteiger partial charge in [0, 0.05) is 40.8 Å². The molecule has 0 aromatic heterocycles. The number of ether oxygens (including phenoxy) is 8. The summed E-state index contributed by atoms with van der Waals surface area (Å²) < 4.78 is 44.1. The van der Waals surface area contributed by atoms with Crippen molar-refractivity contribution in [2.75, 3.05) is 33.0 Å². The smallest absolute Gasteiger partial charge is 0.407 e. The number of hydrogen-bond donors (Lipinski definition) is 2. The third kappa shape index (κ3) is 14.2. The van der Waals surface area contributed by atoms with Crippen LogP contribution in [0.3, 0.4) is 0 Å². The zero-order valence-corrected chi connectivity index (χ0v) is 26.5. The lowest BCUT2D eigenvalue weighted by atomic mass is 9.96. The van der Waals surface area contributed by atoms with Gasteiger partial charge in [0.15, 0.2) is 24.3 Å². The highest BCUT2D eigenvalue weighted by Gasteiger charge is 2.51. The summed E-state index contributed by atoms with van der Waals surface area (Å²) in [5.41, 5.74) is 0. The second-order valence-corrected chi connectivity index (χ2v) is 11.2. The number of esters is 3. The van der Waals surface area contributed by atoms with Crippen molar-refractivity contribution in [3.05, 3.63) is 0 Å². The van der Waals surface area contributed by atoms with E-state index in [1.807, 2.05) is 13.8 Å². The summed E-state index contributed by atoms with van der Waals surface area (Å²) in [5, 5.41) is 5.41. The highest BCUT2D eigenvalue weighted by molar-refractivity contribution is 5.73. The van der Waals surface area contributed by atoms with Gasteiger partial charge in [-0.2, -0.15) is 0 Å². The molecular formula is C29H48N2O13. The fraction of sp³-hybridized carbons (Fsp3) is 0.828. The average Bonchev–Trinajstić information content (AvgIpc) is 3.28. The topological polar surface area (TPSA) is 183 Å². The molecule has 0 bridgehead atoms. The summed E-state index contributed by atoms with van der Waals surface area (Å²) in [6.07, 6.45) is 0.0129. The molecule has 15 heteroatoms. The van der Waals surface area contributed by atoms with Crippen molar-refractivity contribution in [3.63, 3.8) is 0 Å². The van der Waals surface area contributed by atoms with Gasteiger partial charge in [0.2, 0.25) is 5.91 Å². The van der Waals surface area contributed by atoms with Crippen molar-refractivity contribution in [1.82, 2.24) is 10.6 Å². The van der Waals surface area contributed by atoms with E-state index in [0.717, 1.165) is 32.1 Å². The SMILES string of the molecule is CC(=O)N[C@H]1[C@H](OCCCCCCCCNC(=O)OC[C@@H]2COC(C)(C)O2)O[C@H](COC(C)=O)[C@H](OC(C)=O)[C@@H]1OC(C)=O. The van der Waals surface area contributed by atoms with Gasteiger partial charge in [0.25, 0.3) is 0 Å². The van der Waals surface area contributed by atoms with E-state index in [9.17, 15) is 24.0 Å². The van der Waals surface area contributed by atoms with E-state index in [2.05, 4.69) is 10.6 Å². The highest BCUT2D eigenvalue weighted by atomic mass is 16.8. The first kappa shape index (κ1) is 37.2. The van der Waals surface area contributed by atoms with Gasteiger partial charge in [-0.15, -0.1) is 0 Å². The molecule has 0 aromatic rings. The lowest BCUT2D eigenvalue weighted by Gasteiger charge is -2.44. The number of rotatable bonds is 17. The maximum absolute atomic E-state index is 12.0. The molecule has 0 radical (unpaired) electrons. The van der Waals surface area contributed by atoms with Crippen molar-refractivity contribution in [3.8, 4) is 0 Å². The summed E-state index contributed by atoms with van der Waals surface area (Å²) in [6.45, 7) is 9.50. The van der Waals surface area contributed by atoms with Crippen LogP contribution in [-0.4, -0.2) is 105 Å². The summed E-state index contributed by atoms with van der Waals surface area (Å²) in [4.78, 5) is 59.1. The van der Waals surface area contributed by atoms with Crippen LogP contribution in [-0.2, 0) is 57.1 Å². The number of carbonyl (C=O) groups is 5. The standard InChI is InChI=1S/C29H48N2O13/c1-18(32)31-24-26(42-21(4)35)25(41-20(3)34)23(17-38-19(2)33)43-27(24)37-14-12-10-8-7-9-11-13-30-28(36)39-15-22-16-40-29(5,6)44-22/h22-27H,7-17H2,1-6H3,(H,30,36)(H,31,32)/t22-,23-,24-,25+,26-,27-/m1/s1. The molecule has 15 nitrogen and oxygen atoms in total. The van der Waals surface area contributed by atoms with Crippen LogP contribution in [0.1, 0.15) is 80.1 Å². The molecule has 2 amide bonds. The van der Waals surface area contributed by atoms with Crippen LogP contribution in [0.2, 0.25) is 0 Å². The van der Waals surface area contributed by atoms with Crippen LogP contribution in [0, 0.1) is 0 Å². The Morgan fingerprint density at radius 2 is 1.43 bits per heavy atom. The predicted octanol–water partition coefficient (Wildman–Crippen LogP) is 1.88. The molecule has 0 spiro atoms. The summed E-state index contributed by atoms with van der Waals surface area (Å²) in [5.74, 6) is -3.01. The molecule has 2 aliphatic heterocycles. The molecule has 252 valence electrons. The molecule has 2 N–H and O–H groups in total. The Hall–Kier alpha value is -3.01. The Bertz CT molecular complexity index is 960. The van der Waals surface area contributed by atoms with Crippen molar-refractivity contribution in [2.45, 2.75) is 123 Å². The van der Waals surface area contributed by atoms with Gasteiger partial charge in [-0.05, 0) is 26.7 Å². The molecular weight excluding hydrogens is 584 g/mol. The van der Waals surface area contributed by atoms with E-state index >= 15 is 0 Å². The van der Waals surface area contributed by atoms with Crippen molar-refractivity contribution < 1.29 is 61.9 Å². The average molecular weight is 633 g/mol. The molecule has 2 rings (SSSR count). The Morgan fingerprint density at radius 1 is 0.795 bits per heavy atom. The molecule has 2 fully saturated rings. The van der Waals surface area contributed by atoms with E-state index in [0.29, 0.717) is 19.6 Å². The minimum absolute atomic E-state index is 0.138. The van der Waals surface area contributed by atoms with Crippen LogP contribution in [0.5, 0.6) is 0 Å². The molecule has 0 unspecified atom stereocenters. The van der Waals surface area contributed by atoms with E-state index in [1.54, 1.807) is 0 Å². The van der Waals surface area contributed by atoms with E-state index in [1.165, 1.54) is 27.7 Å². The first-order valence-corrected chi connectivity index (χ1v) is 15.0. The summed E-state index contributed by atoms with van der Waals surface area (Å²) in [6, 6.07) is -0.987. The van der Waals surface area contributed by atoms with Gasteiger partial charge in [-0.25, -0.2) is 4.79 Å². The van der Waals surface area contributed by atoms with Gasteiger partial charge < -0.3 is 48.5 Å². The van der Waals surface area contributed by atoms with Crippen molar-refractivity contribution >= 4 is 29.9 Å². The van der Waals surface area contributed by atoms with Gasteiger partial charge in [-0.3, -0.25) is 19.2 Å². The second-order valence-electron chi connectivity index (χ2n) is 11.2. The van der Waals surface area contributed by atoms with Crippen molar-refractivity contribution in [1.29, 1.82) is 0 Å².